The molecule has 0 N–H and O–H groups in total. The minimum atomic E-state index is -0.143. The number of carbonyl (C=O) groups excluding carboxylic acids is 2. The molecular weight excluding hydrogens is 460 g/mol. The highest BCUT2D eigenvalue weighted by atomic mass is 16.3. The second kappa shape index (κ2) is 12.2. The molecule has 5 nitrogen and oxygen atoms in total. The van der Waals surface area contributed by atoms with Crippen molar-refractivity contribution in [3.05, 3.63) is 120 Å². The van der Waals surface area contributed by atoms with Crippen molar-refractivity contribution in [2.45, 2.75) is 33.9 Å². The van der Waals surface area contributed by atoms with Crippen LogP contribution in [0.15, 0.2) is 101 Å². The molecule has 2 amide bonds. The number of rotatable bonds is 10. The molecule has 190 valence electrons. The molecule has 1 heterocycles. The molecule has 0 aliphatic rings. The van der Waals surface area contributed by atoms with Crippen molar-refractivity contribution in [2.75, 3.05) is 13.1 Å². The van der Waals surface area contributed by atoms with E-state index in [4.69, 9.17) is 4.42 Å². The quantitative estimate of drug-likeness (QED) is 0.250. The molecule has 3 aromatic carbocycles. The van der Waals surface area contributed by atoms with E-state index in [2.05, 4.69) is 13.8 Å². The standard InChI is InChI=1S/C32H34N2O3/c1-24(2)20-34(32(36)29-17-15-28(16-18-29)27-12-8-5-9-13-27)23-31(35)33(21-26-10-6-4-7-11-26)22-30-19-14-25(3)37-30/h4-19,24H,20-23H2,1-3H3. The zero-order valence-corrected chi connectivity index (χ0v) is 21.8. The second-order valence-corrected chi connectivity index (χ2v) is 9.77. The average molecular weight is 495 g/mol. The first-order valence-corrected chi connectivity index (χ1v) is 12.7. The number of hydrogen-bond donors (Lipinski definition) is 0. The number of amides is 2. The van der Waals surface area contributed by atoms with Gasteiger partial charge in [0.25, 0.3) is 5.91 Å². The first kappa shape index (κ1) is 26.0. The van der Waals surface area contributed by atoms with Crippen molar-refractivity contribution >= 4 is 11.8 Å². The summed E-state index contributed by atoms with van der Waals surface area (Å²) in [6.45, 7) is 7.27. The fourth-order valence-electron chi connectivity index (χ4n) is 4.34. The van der Waals surface area contributed by atoms with Crippen LogP contribution in [0.5, 0.6) is 0 Å². The number of carbonyl (C=O) groups is 2. The van der Waals surface area contributed by atoms with Gasteiger partial charge in [0.15, 0.2) is 0 Å². The van der Waals surface area contributed by atoms with Crippen molar-refractivity contribution in [1.82, 2.24) is 9.80 Å². The van der Waals surface area contributed by atoms with Gasteiger partial charge < -0.3 is 14.2 Å². The molecule has 0 fully saturated rings. The zero-order valence-electron chi connectivity index (χ0n) is 21.8. The van der Waals surface area contributed by atoms with Gasteiger partial charge >= 0.3 is 0 Å². The van der Waals surface area contributed by atoms with Crippen LogP contribution >= 0.6 is 0 Å². The van der Waals surface area contributed by atoms with E-state index in [1.54, 1.807) is 9.80 Å². The summed E-state index contributed by atoms with van der Waals surface area (Å²) in [4.78, 5) is 30.6. The summed E-state index contributed by atoms with van der Waals surface area (Å²) in [7, 11) is 0. The van der Waals surface area contributed by atoms with Gasteiger partial charge in [-0.1, -0.05) is 86.6 Å². The number of nitrogens with zero attached hydrogens (tertiary/aromatic N) is 2. The average Bonchev–Trinajstić information content (AvgIpc) is 3.33. The van der Waals surface area contributed by atoms with Crippen LogP contribution in [0, 0.1) is 12.8 Å². The highest BCUT2D eigenvalue weighted by Crippen LogP contribution is 2.21. The van der Waals surface area contributed by atoms with Crippen LogP contribution in [0.2, 0.25) is 0 Å². The first-order valence-electron chi connectivity index (χ1n) is 12.7. The highest BCUT2D eigenvalue weighted by molar-refractivity contribution is 5.97. The van der Waals surface area contributed by atoms with Crippen LogP contribution in [0.25, 0.3) is 11.1 Å². The lowest BCUT2D eigenvalue weighted by Crippen LogP contribution is -2.43. The third kappa shape index (κ3) is 7.20. The third-order valence-corrected chi connectivity index (χ3v) is 6.15. The van der Waals surface area contributed by atoms with Gasteiger partial charge in [0, 0.05) is 18.7 Å². The van der Waals surface area contributed by atoms with Gasteiger partial charge in [0.1, 0.15) is 18.1 Å². The lowest BCUT2D eigenvalue weighted by Gasteiger charge is -2.28. The molecule has 0 atom stereocenters. The Balaban J connectivity index is 1.53. The smallest absolute Gasteiger partial charge is 0.254 e. The van der Waals surface area contributed by atoms with Crippen LogP contribution in [-0.4, -0.2) is 34.7 Å². The van der Waals surface area contributed by atoms with Gasteiger partial charge in [-0.3, -0.25) is 9.59 Å². The summed E-state index contributed by atoms with van der Waals surface area (Å²) in [5.74, 6) is 1.48. The lowest BCUT2D eigenvalue weighted by molar-refractivity contribution is -0.133. The predicted molar refractivity (Wildman–Crippen MR) is 147 cm³/mol. The Kier molecular flexibility index (Phi) is 8.57. The Morgan fingerprint density at radius 1 is 0.730 bits per heavy atom. The summed E-state index contributed by atoms with van der Waals surface area (Å²) in [5, 5.41) is 0. The number of benzene rings is 3. The predicted octanol–water partition coefficient (Wildman–Crippen LogP) is 6.58. The van der Waals surface area contributed by atoms with Gasteiger partial charge in [-0.25, -0.2) is 0 Å². The maximum Gasteiger partial charge on any atom is 0.254 e. The Labute approximate surface area is 219 Å². The maximum atomic E-state index is 13.6. The molecule has 4 rings (SSSR count). The van der Waals surface area contributed by atoms with Crippen LogP contribution in [0.1, 0.15) is 41.3 Å². The van der Waals surface area contributed by atoms with Crippen LogP contribution in [-0.2, 0) is 17.9 Å². The molecule has 1 aromatic heterocycles. The molecule has 0 radical (unpaired) electrons. The third-order valence-electron chi connectivity index (χ3n) is 6.15. The van der Waals surface area contributed by atoms with Gasteiger partial charge in [0.05, 0.1) is 6.54 Å². The molecule has 0 aliphatic carbocycles. The largest absolute Gasteiger partial charge is 0.464 e. The van der Waals surface area contributed by atoms with Crippen molar-refractivity contribution in [3.63, 3.8) is 0 Å². The van der Waals surface area contributed by atoms with E-state index in [0.29, 0.717) is 25.2 Å². The van der Waals surface area contributed by atoms with Gasteiger partial charge in [-0.05, 0) is 53.8 Å². The minimum Gasteiger partial charge on any atom is -0.464 e. The SMILES string of the molecule is Cc1ccc(CN(Cc2ccccc2)C(=O)CN(CC(C)C)C(=O)c2ccc(-c3ccccc3)cc2)o1. The van der Waals surface area contributed by atoms with Crippen molar-refractivity contribution < 1.29 is 14.0 Å². The maximum absolute atomic E-state index is 13.6. The minimum absolute atomic E-state index is 0.00394. The fraction of sp³-hybridized carbons (Fsp3) is 0.250. The lowest BCUT2D eigenvalue weighted by atomic mass is 10.0. The number of furan rings is 1. The molecule has 0 bridgehead atoms. The Hall–Kier alpha value is -4.12. The molecule has 37 heavy (non-hydrogen) atoms. The molecule has 0 spiro atoms. The van der Waals surface area contributed by atoms with Crippen LogP contribution in [0.4, 0.5) is 0 Å². The van der Waals surface area contributed by atoms with Crippen molar-refractivity contribution in [1.29, 1.82) is 0 Å². The Bertz CT molecular complexity index is 1290. The van der Waals surface area contributed by atoms with Crippen molar-refractivity contribution in [2.24, 2.45) is 5.92 Å². The fourth-order valence-corrected chi connectivity index (χ4v) is 4.34. The highest BCUT2D eigenvalue weighted by Gasteiger charge is 2.24. The Morgan fingerprint density at radius 3 is 1.95 bits per heavy atom. The molecule has 4 aromatic rings. The topological polar surface area (TPSA) is 53.8 Å². The number of hydrogen-bond acceptors (Lipinski definition) is 3. The monoisotopic (exact) mass is 494 g/mol. The summed E-state index contributed by atoms with van der Waals surface area (Å²) in [6.07, 6.45) is 0. The number of aryl methyl sites for hydroxylation is 1. The summed E-state index contributed by atoms with van der Waals surface area (Å²) in [5.41, 5.74) is 3.74. The summed E-state index contributed by atoms with van der Waals surface area (Å²) >= 11 is 0. The normalized spacial score (nSPS) is 10.9. The molecule has 5 heteroatoms. The van der Waals surface area contributed by atoms with Gasteiger partial charge in [-0.15, -0.1) is 0 Å². The summed E-state index contributed by atoms with van der Waals surface area (Å²) < 4.78 is 5.76. The van der Waals surface area contributed by atoms with Crippen LogP contribution in [0.3, 0.4) is 0 Å². The molecule has 0 saturated heterocycles. The first-order chi connectivity index (χ1) is 17.9. The van der Waals surface area contributed by atoms with Crippen molar-refractivity contribution in [3.8, 4) is 11.1 Å². The van der Waals surface area contributed by atoms with E-state index in [0.717, 1.165) is 28.2 Å². The zero-order chi connectivity index (χ0) is 26.2. The molecule has 0 unspecified atom stereocenters. The van der Waals surface area contributed by atoms with Gasteiger partial charge in [-0.2, -0.15) is 0 Å². The molecular formula is C32H34N2O3. The molecule has 0 aliphatic heterocycles. The van der Waals surface area contributed by atoms with Crippen LogP contribution < -0.4 is 0 Å². The van der Waals surface area contributed by atoms with Gasteiger partial charge in [0.2, 0.25) is 5.91 Å². The van der Waals surface area contributed by atoms with E-state index in [9.17, 15) is 9.59 Å². The summed E-state index contributed by atoms with van der Waals surface area (Å²) in [6, 6.07) is 31.3. The Morgan fingerprint density at radius 2 is 1.35 bits per heavy atom. The van der Waals surface area contributed by atoms with E-state index in [1.165, 1.54) is 0 Å². The van der Waals surface area contributed by atoms with E-state index >= 15 is 0 Å². The second-order valence-electron chi connectivity index (χ2n) is 9.77. The van der Waals surface area contributed by atoms with E-state index < -0.39 is 0 Å². The molecule has 0 saturated carbocycles. The van der Waals surface area contributed by atoms with E-state index in [1.807, 2.05) is 104 Å². The van der Waals surface area contributed by atoms with E-state index in [-0.39, 0.29) is 24.3 Å².